The van der Waals surface area contributed by atoms with Gasteiger partial charge in [0.2, 0.25) is 0 Å². The lowest BCUT2D eigenvalue weighted by atomic mass is 10.1. The predicted octanol–water partition coefficient (Wildman–Crippen LogP) is 0.170. The Labute approximate surface area is 185 Å². The van der Waals surface area contributed by atoms with E-state index in [1.54, 1.807) is 0 Å². The third-order valence-corrected chi connectivity index (χ3v) is 6.10. The number of hydrogen-bond acceptors (Lipinski definition) is 8. The summed E-state index contributed by atoms with van der Waals surface area (Å²) < 4.78 is 1.91. The van der Waals surface area contributed by atoms with E-state index in [2.05, 4.69) is 30.8 Å². The van der Waals surface area contributed by atoms with Crippen molar-refractivity contribution in [1.82, 2.24) is 24.4 Å². The highest BCUT2D eigenvalue weighted by Gasteiger charge is 2.22. The van der Waals surface area contributed by atoms with Crippen LogP contribution in [0.2, 0.25) is 0 Å². The van der Waals surface area contributed by atoms with E-state index >= 15 is 0 Å². The number of aliphatic hydroxyl groups excluding tert-OH is 2. The largest absolute Gasteiger partial charge is 0.396 e. The highest BCUT2D eigenvalue weighted by atomic mass is 16.3. The van der Waals surface area contributed by atoms with Gasteiger partial charge in [-0.1, -0.05) is 0 Å². The first kappa shape index (κ1) is 22.4. The number of benzene rings is 1. The van der Waals surface area contributed by atoms with Crippen molar-refractivity contribution in [1.29, 1.82) is 0 Å². The number of aromatic amines is 1. The first-order valence-corrected chi connectivity index (χ1v) is 11.2. The lowest BCUT2D eigenvalue weighted by Gasteiger charge is -2.36. The number of aliphatic hydroxyl groups is 2. The Morgan fingerprint density at radius 3 is 2.47 bits per heavy atom. The summed E-state index contributed by atoms with van der Waals surface area (Å²) in [6, 6.07) is 4.07. The Kier molecular flexibility index (Phi) is 6.83. The van der Waals surface area contributed by atoms with Crippen LogP contribution in [0.15, 0.2) is 21.7 Å². The number of fused-ring (bicyclic) bond motifs is 2. The molecule has 0 unspecified atom stereocenters. The van der Waals surface area contributed by atoms with Crippen LogP contribution < -0.4 is 16.1 Å². The van der Waals surface area contributed by atoms with Crippen LogP contribution in [0.1, 0.15) is 24.8 Å². The van der Waals surface area contributed by atoms with Gasteiger partial charge < -0.3 is 19.7 Å². The molecule has 0 radical (unpaired) electrons. The molecular formula is C22H30N6O4. The maximum absolute atomic E-state index is 12.4. The molecule has 3 aliphatic rings. The number of piperazine rings is 1. The van der Waals surface area contributed by atoms with Crippen LogP contribution in [0.5, 0.6) is 0 Å². The Morgan fingerprint density at radius 2 is 1.75 bits per heavy atom. The zero-order valence-corrected chi connectivity index (χ0v) is 18.4. The van der Waals surface area contributed by atoms with Crippen molar-refractivity contribution < 1.29 is 10.2 Å². The fraction of sp³-hybridized carbons (Fsp3) is 0.545. The van der Waals surface area contributed by atoms with Crippen molar-refractivity contribution in [2.45, 2.75) is 32.7 Å². The molecule has 0 aromatic heterocycles. The molecule has 10 heteroatoms. The van der Waals surface area contributed by atoms with Crippen LogP contribution in [-0.4, -0.2) is 80.6 Å². The SMILES string of the molecule is Cc1cc2nc3c(=O)[nH]c(=O)nc-3n(CCCCCO)c2cc1N1CCN(CCO)CC1. The first-order chi connectivity index (χ1) is 15.5. The quantitative estimate of drug-likeness (QED) is 0.333. The molecule has 0 atom stereocenters. The van der Waals surface area contributed by atoms with Crippen molar-refractivity contribution in [3.05, 3.63) is 38.5 Å². The molecular weight excluding hydrogens is 412 g/mol. The summed E-state index contributed by atoms with van der Waals surface area (Å²) in [6.45, 7) is 7.06. The van der Waals surface area contributed by atoms with Gasteiger partial charge in [0.05, 0.1) is 17.6 Å². The summed E-state index contributed by atoms with van der Waals surface area (Å²) in [5.41, 5.74) is 2.62. The predicted molar refractivity (Wildman–Crippen MR) is 122 cm³/mol. The maximum Gasteiger partial charge on any atom is 0.349 e. The average Bonchev–Trinajstić information content (AvgIpc) is 2.77. The molecule has 0 saturated carbocycles. The molecule has 0 bridgehead atoms. The van der Waals surface area contributed by atoms with E-state index in [1.807, 2.05) is 17.6 Å². The van der Waals surface area contributed by atoms with Crippen molar-refractivity contribution in [3.63, 3.8) is 0 Å². The minimum Gasteiger partial charge on any atom is -0.396 e. The molecule has 1 fully saturated rings. The van der Waals surface area contributed by atoms with Crippen molar-refractivity contribution in [2.75, 3.05) is 50.8 Å². The van der Waals surface area contributed by atoms with E-state index in [4.69, 9.17) is 5.11 Å². The van der Waals surface area contributed by atoms with Gasteiger partial charge in [0.25, 0.3) is 5.56 Å². The minimum atomic E-state index is -0.680. The molecule has 0 amide bonds. The molecule has 3 heterocycles. The summed E-state index contributed by atoms with van der Waals surface area (Å²) in [6.07, 6.45) is 2.31. The number of anilines is 1. The molecule has 3 N–H and O–H groups in total. The second-order valence-corrected chi connectivity index (χ2v) is 8.27. The Balaban J connectivity index is 1.79. The Morgan fingerprint density at radius 1 is 0.969 bits per heavy atom. The molecule has 32 heavy (non-hydrogen) atoms. The number of H-pyrrole nitrogens is 1. The van der Waals surface area contributed by atoms with Gasteiger partial charge in [-0.2, -0.15) is 4.98 Å². The second kappa shape index (κ2) is 9.76. The van der Waals surface area contributed by atoms with Crippen LogP contribution in [0.25, 0.3) is 22.6 Å². The van der Waals surface area contributed by atoms with E-state index in [1.165, 1.54) is 0 Å². The summed E-state index contributed by atoms with van der Waals surface area (Å²) in [4.78, 5) is 39.8. The second-order valence-electron chi connectivity index (χ2n) is 8.27. The van der Waals surface area contributed by atoms with Gasteiger partial charge in [0, 0.05) is 51.6 Å². The summed E-state index contributed by atoms with van der Waals surface area (Å²) in [7, 11) is 0. The molecule has 10 nitrogen and oxygen atoms in total. The number of rotatable bonds is 8. The van der Waals surface area contributed by atoms with Gasteiger partial charge in [-0.15, -0.1) is 0 Å². The zero-order chi connectivity index (χ0) is 22.7. The van der Waals surface area contributed by atoms with Crippen LogP contribution in [0, 0.1) is 6.92 Å². The van der Waals surface area contributed by atoms with Crippen molar-refractivity contribution in [2.24, 2.45) is 0 Å². The summed E-state index contributed by atoms with van der Waals surface area (Å²) in [5.74, 6) is 0.290. The molecule has 172 valence electrons. The van der Waals surface area contributed by atoms with Crippen molar-refractivity contribution in [3.8, 4) is 11.5 Å². The molecule has 0 aliphatic carbocycles. The fourth-order valence-corrected chi connectivity index (χ4v) is 4.41. The fourth-order valence-electron chi connectivity index (χ4n) is 4.41. The normalized spacial score (nSPS) is 15.2. The van der Waals surface area contributed by atoms with E-state index in [0.29, 0.717) is 25.0 Å². The van der Waals surface area contributed by atoms with Crippen LogP contribution in [0.4, 0.5) is 5.69 Å². The van der Waals surface area contributed by atoms with Crippen molar-refractivity contribution >= 4 is 16.7 Å². The molecule has 1 saturated heterocycles. The zero-order valence-electron chi connectivity index (χ0n) is 18.4. The van der Waals surface area contributed by atoms with Gasteiger partial charge >= 0.3 is 5.69 Å². The number of unbranched alkanes of at least 4 members (excludes halogenated alkanes) is 2. The van der Waals surface area contributed by atoms with Crippen LogP contribution >= 0.6 is 0 Å². The Bertz CT molecular complexity index is 1170. The number of nitrogens with one attached hydrogen (secondary N) is 1. The van der Waals surface area contributed by atoms with E-state index < -0.39 is 11.2 Å². The van der Waals surface area contributed by atoms with Gasteiger partial charge in [-0.25, -0.2) is 9.78 Å². The number of β-amino-alcohol motifs (C(OH)–C–C–N with tert-alkyl or cyclic N) is 1. The first-order valence-electron chi connectivity index (χ1n) is 11.2. The molecule has 3 aliphatic heterocycles. The highest BCUT2D eigenvalue weighted by Crippen LogP contribution is 2.29. The summed E-state index contributed by atoms with van der Waals surface area (Å²) in [5, 5.41) is 18.3. The number of aromatic nitrogens is 4. The smallest absolute Gasteiger partial charge is 0.349 e. The average molecular weight is 443 g/mol. The van der Waals surface area contributed by atoms with Gasteiger partial charge in [0.1, 0.15) is 0 Å². The highest BCUT2D eigenvalue weighted by molar-refractivity contribution is 5.84. The van der Waals surface area contributed by atoms with E-state index in [0.717, 1.165) is 55.8 Å². The van der Waals surface area contributed by atoms with Crippen LogP contribution in [-0.2, 0) is 6.54 Å². The van der Waals surface area contributed by atoms with Gasteiger partial charge in [-0.3, -0.25) is 14.7 Å². The van der Waals surface area contributed by atoms with Gasteiger partial charge in [-0.05, 0) is 43.9 Å². The molecule has 0 spiro atoms. The van der Waals surface area contributed by atoms with Crippen LogP contribution in [0.3, 0.4) is 0 Å². The molecule has 1 aromatic carbocycles. The molecule has 4 rings (SSSR count). The molecule has 1 aromatic rings. The lowest BCUT2D eigenvalue weighted by molar-refractivity contribution is 0.189. The third kappa shape index (κ3) is 4.52. The van der Waals surface area contributed by atoms with E-state index in [9.17, 15) is 14.7 Å². The number of aryl methyl sites for hydroxylation is 2. The van der Waals surface area contributed by atoms with Gasteiger partial charge in [0.15, 0.2) is 11.5 Å². The third-order valence-electron chi connectivity index (χ3n) is 6.10. The summed E-state index contributed by atoms with van der Waals surface area (Å²) >= 11 is 0. The minimum absolute atomic E-state index is 0.136. The monoisotopic (exact) mass is 442 g/mol. The maximum atomic E-state index is 12.4. The van der Waals surface area contributed by atoms with E-state index in [-0.39, 0.29) is 24.7 Å². The number of hydrogen-bond donors (Lipinski definition) is 3. The number of nitrogens with zero attached hydrogens (tertiary/aromatic N) is 5. The standard InChI is InChI=1S/C22H30N6O4/c1-15-13-16-18(14-17(15)27-8-6-26(7-9-27)10-12-30)28(5-3-2-4-11-29)20-19(23-16)21(31)25-22(32)24-20/h13-14,29-30H,2-12H2,1H3,(H,25,31,32). The lowest BCUT2D eigenvalue weighted by Crippen LogP contribution is -2.47. The Hall–Kier alpha value is -2.82. The topological polar surface area (TPSA) is 128 Å².